The maximum Gasteiger partial charge on any atom is 0.340 e. The summed E-state index contributed by atoms with van der Waals surface area (Å²) in [5.74, 6) is -1.17. The SMILES string of the molecule is CCOc1ccc(NC(=O)COC(=O)c2cc3cc(Cl)ccc3nc2C)c([N+](=O)[O-])c1. The number of amides is 1. The third kappa shape index (κ3) is 5.26. The monoisotopic (exact) mass is 443 g/mol. The van der Waals surface area contributed by atoms with Gasteiger partial charge in [0.25, 0.3) is 11.6 Å². The summed E-state index contributed by atoms with van der Waals surface area (Å²) < 4.78 is 10.3. The van der Waals surface area contributed by atoms with E-state index in [4.69, 9.17) is 21.1 Å². The van der Waals surface area contributed by atoms with Gasteiger partial charge in [-0.2, -0.15) is 0 Å². The van der Waals surface area contributed by atoms with Gasteiger partial charge in [0.2, 0.25) is 0 Å². The Balaban J connectivity index is 1.70. The second kappa shape index (κ2) is 9.40. The molecule has 0 aliphatic heterocycles. The number of nitrogens with zero attached hydrogens (tertiary/aromatic N) is 2. The molecule has 1 N–H and O–H groups in total. The largest absolute Gasteiger partial charge is 0.494 e. The molecule has 0 aliphatic rings. The van der Waals surface area contributed by atoms with Crippen molar-refractivity contribution in [2.75, 3.05) is 18.5 Å². The van der Waals surface area contributed by atoms with Gasteiger partial charge in [-0.1, -0.05) is 11.6 Å². The molecular formula is C21H18ClN3O6. The molecule has 2 aromatic carbocycles. The van der Waals surface area contributed by atoms with Crippen LogP contribution in [0.1, 0.15) is 23.0 Å². The lowest BCUT2D eigenvalue weighted by Crippen LogP contribution is -2.22. The predicted molar refractivity (Wildman–Crippen MR) is 115 cm³/mol. The fraction of sp³-hybridized carbons (Fsp3) is 0.190. The molecule has 0 unspecified atom stereocenters. The number of benzene rings is 2. The van der Waals surface area contributed by atoms with Crippen LogP contribution < -0.4 is 10.1 Å². The number of fused-ring (bicyclic) bond motifs is 1. The van der Waals surface area contributed by atoms with Crippen molar-refractivity contribution >= 4 is 45.8 Å². The number of hydrogen-bond donors (Lipinski definition) is 1. The van der Waals surface area contributed by atoms with E-state index >= 15 is 0 Å². The number of pyridine rings is 1. The van der Waals surface area contributed by atoms with Gasteiger partial charge >= 0.3 is 5.97 Å². The maximum absolute atomic E-state index is 12.4. The van der Waals surface area contributed by atoms with Gasteiger partial charge in [0, 0.05) is 10.4 Å². The standard InChI is InChI=1S/C21H18ClN3O6/c1-3-30-15-5-7-18(19(10-15)25(28)29)24-20(26)11-31-21(27)16-9-13-8-14(22)4-6-17(13)23-12(16)2/h4-10H,3,11H2,1-2H3,(H,24,26). The van der Waals surface area contributed by atoms with Crippen LogP contribution in [0.25, 0.3) is 10.9 Å². The highest BCUT2D eigenvalue weighted by atomic mass is 35.5. The van der Waals surface area contributed by atoms with E-state index in [0.717, 1.165) is 0 Å². The van der Waals surface area contributed by atoms with Gasteiger partial charge in [0.05, 0.1) is 34.4 Å². The number of esters is 1. The first-order chi connectivity index (χ1) is 14.8. The van der Waals surface area contributed by atoms with Crippen molar-refractivity contribution in [2.45, 2.75) is 13.8 Å². The average molecular weight is 444 g/mol. The fourth-order valence-corrected chi connectivity index (χ4v) is 3.05. The number of carbonyl (C=O) groups is 2. The summed E-state index contributed by atoms with van der Waals surface area (Å²) in [5, 5.41) is 14.8. The number of carbonyl (C=O) groups excluding carboxylic acids is 2. The molecular weight excluding hydrogens is 426 g/mol. The first kappa shape index (κ1) is 22.0. The highest BCUT2D eigenvalue weighted by Gasteiger charge is 2.19. The van der Waals surface area contributed by atoms with E-state index in [9.17, 15) is 19.7 Å². The number of rotatable bonds is 7. The van der Waals surface area contributed by atoms with Crippen LogP contribution in [0.15, 0.2) is 42.5 Å². The molecule has 160 valence electrons. The van der Waals surface area contributed by atoms with Crippen LogP contribution in [0, 0.1) is 17.0 Å². The number of ether oxygens (including phenoxy) is 2. The number of nitro benzene ring substituents is 1. The minimum atomic E-state index is -0.747. The number of nitrogens with one attached hydrogen (secondary N) is 1. The van der Waals surface area contributed by atoms with Gasteiger partial charge in [0.15, 0.2) is 6.61 Å². The molecule has 9 nitrogen and oxygen atoms in total. The van der Waals surface area contributed by atoms with E-state index in [2.05, 4.69) is 10.3 Å². The Labute approximate surface area is 182 Å². The summed E-state index contributed by atoms with van der Waals surface area (Å²) in [6, 6.07) is 10.7. The van der Waals surface area contributed by atoms with Gasteiger partial charge in [-0.15, -0.1) is 0 Å². The van der Waals surface area contributed by atoms with E-state index in [1.54, 1.807) is 38.1 Å². The first-order valence-electron chi connectivity index (χ1n) is 9.23. The summed E-state index contributed by atoms with van der Waals surface area (Å²) in [7, 11) is 0. The van der Waals surface area contributed by atoms with Crippen molar-refractivity contribution in [3.63, 3.8) is 0 Å². The average Bonchev–Trinajstić information content (AvgIpc) is 2.73. The molecule has 0 spiro atoms. The van der Waals surface area contributed by atoms with E-state index in [1.807, 2.05) is 0 Å². The van der Waals surface area contributed by atoms with E-state index < -0.39 is 23.4 Å². The molecule has 0 bridgehead atoms. The van der Waals surface area contributed by atoms with Crippen LogP contribution in [0.4, 0.5) is 11.4 Å². The Morgan fingerprint density at radius 2 is 1.97 bits per heavy atom. The molecule has 0 fully saturated rings. The second-order valence-corrected chi connectivity index (χ2v) is 6.89. The van der Waals surface area contributed by atoms with Crippen molar-refractivity contribution < 1.29 is 24.0 Å². The molecule has 1 amide bonds. The molecule has 3 aromatic rings. The molecule has 1 heterocycles. The molecule has 0 atom stereocenters. The van der Waals surface area contributed by atoms with Crippen LogP contribution in [-0.2, 0) is 9.53 Å². The quantitative estimate of drug-likeness (QED) is 0.328. The first-order valence-corrected chi connectivity index (χ1v) is 9.61. The normalized spacial score (nSPS) is 10.5. The van der Waals surface area contributed by atoms with E-state index in [0.29, 0.717) is 34.0 Å². The van der Waals surface area contributed by atoms with Crippen molar-refractivity contribution in [1.29, 1.82) is 0 Å². The molecule has 10 heteroatoms. The number of anilines is 1. The molecule has 0 radical (unpaired) electrons. The third-order valence-electron chi connectivity index (χ3n) is 4.27. The Bertz CT molecular complexity index is 1180. The highest BCUT2D eigenvalue weighted by molar-refractivity contribution is 6.31. The van der Waals surface area contributed by atoms with Crippen LogP contribution >= 0.6 is 11.6 Å². The summed E-state index contributed by atoms with van der Waals surface area (Å²) in [6.45, 7) is 3.11. The summed E-state index contributed by atoms with van der Waals surface area (Å²) in [5.41, 5.74) is 0.917. The van der Waals surface area contributed by atoms with Gasteiger partial charge in [-0.05, 0) is 50.2 Å². The highest BCUT2D eigenvalue weighted by Crippen LogP contribution is 2.29. The van der Waals surface area contributed by atoms with Gasteiger partial charge in [-0.25, -0.2) is 4.79 Å². The molecule has 0 saturated heterocycles. The second-order valence-electron chi connectivity index (χ2n) is 6.45. The number of nitro groups is 1. The van der Waals surface area contributed by atoms with Gasteiger partial charge in [0.1, 0.15) is 11.4 Å². The van der Waals surface area contributed by atoms with E-state index in [1.165, 1.54) is 18.2 Å². The maximum atomic E-state index is 12.4. The molecule has 31 heavy (non-hydrogen) atoms. The predicted octanol–water partition coefficient (Wildman–Crippen LogP) is 4.30. The summed E-state index contributed by atoms with van der Waals surface area (Å²) in [6.07, 6.45) is 0. The summed E-state index contributed by atoms with van der Waals surface area (Å²) in [4.78, 5) is 39.6. The minimum Gasteiger partial charge on any atom is -0.494 e. The zero-order valence-electron chi connectivity index (χ0n) is 16.7. The Morgan fingerprint density at radius 1 is 1.19 bits per heavy atom. The lowest BCUT2D eigenvalue weighted by Gasteiger charge is -2.10. The molecule has 3 rings (SSSR count). The van der Waals surface area contributed by atoms with Crippen LogP contribution in [0.5, 0.6) is 5.75 Å². The zero-order chi connectivity index (χ0) is 22.5. The molecule has 0 aliphatic carbocycles. The number of halogens is 1. The van der Waals surface area contributed by atoms with Crippen molar-refractivity contribution in [2.24, 2.45) is 0 Å². The molecule has 0 saturated carbocycles. The van der Waals surface area contributed by atoms with Crippen LogP contribution in [0.2, 0.25) is 5.02 Å². The van der Waals surface area contributed by atoms with E-state index in [-0.39, 0.29) is 16.9 Å². The Morgan fingerprint density at radius 3 is 2.68 bits per heavy atom. The zero-order valence-corrected chi connectivity index (χ0v) is 17.4. The third-order valence-corrected chi connectivity index (χ3v) is 4.51. The van der Waals surface area contributed by atoms with Crippen molar-refractivity contribution in [3.8, 4) is 5.75 Å². The number of hydrogen-bond acceptors (Lipinski definition) is 7. The topological polar surface area (TPSA) is 121 Å². The van der Waals surface area contributed by atoms with Crippen LogP contribution in [-0.4, -0.2) is 35.0 Å². The van der Waals surface area contributed by atoms with Crippen molar-refractivity contribution in [1.82, 2.24) is 4.98 Å². The lowest BCUT2D eigenvalue weighted by atomic mass is 10.1. The van der Waals surface area contributed by atoms with Gasteiger partial charge in [-0.3, -0.25) is 19.9 Å². The van der Waals surface area contributed by atoms with Crippen LogP contribution in [0.3, 0.4) is 0 Å². The smallest absolute Gasteiger partial charge is 0.340 e. The molecule has 1 aromatic heterocycles. The summed E-state index contributed by atoms with van der Waals surface area (Å²) >= 11 is 5.98. The van der Waals surface area contributed by atoms with Crippen molar-refractivity contribution in [3.05, 3.63) is 68.9 Å². The number of aryl methyl sites for hydroxylation is 1. The minimum absolute atomic E-state index is 0.0345. The number of aromatic nitrogens is 1. The Kier molecular flexibility index (Phi) is 6.66. The lowest BCUT2D eigenvalue weighted by molar-refractivity contribution is -0.384. The van der Waals surface area contributed by atoms with Gasteiger partial charge < -0.3 is 14.8 Å². The Hall–Kier alpha value is -3.72. The fourth-order valence-electron chi connectivity index (χ4n) is 2.87.